The molecule has 0 bridgehead atoms. The van der Waals surface area contributed by atoms with Crippen molar-refractivity contribution in [2.45, 2.75) is 16.5 Å². The van der Waals surface area contributed by atoms with Crippen LogP contribution >= 0.6 is 11.8 Å². The first-order valence-corrected chi connectivity index (χ1v) is 9.17. The average molecular weight is 381 g/mol. The van der Waals surface area contributed by atoms with E-state index in [1.54, 1.807) is 43.8 Å². The largest absolute Gasteiger partial charge is 0.467 e. The monoisotopic (exact) mass is 381 g/mol. The van der Waals surface area contributed by atoms with Crippen LogP contribution in [0.5, 0.6) is 0 Å². The molecule has 0 aliphatic rings. The second-order valence-electron chi connectivity index (χ2n) is 5.79. The smallest absolute Gasteiger partial charge is 0.256 e. The quantitative estimate of drug-likeness (QED) is 0.680. The minimum Gasteiger partial charge on any atom is -0.467 e. The van der Waals surface area contributed by atoms with Gasteiger partial charge in [0.25, 0.3) is 5.91 Å². The van der Waals surface area contributed by atoms with E-state index in [9.17, 15) is 9.59 Å². The molecule has 6 nitrogen and oxygen atoms in total. The van der Waals surface area contributed by atoms with E-state index < -0.39 is 0 Å². The second kappa shape index (κ2) is 9.05. The lowest BCUT2D eigenvalue weighted by Gasteiger charge is -2.18. The van der Waals surface area contributed by atoms with Crippen LogP contribution in [0.1, 0.15) is 16.1 Å². The van der Waals surface area contributed by atoms with E-state index in [2.05, 4.69) is 10.3 Å². The number of furan rings is 1. The van der Waals surface area contributed by atoms with Crippen LogP contribution in [0.2, 0.25) is 0 Å². The number of amides is 2. The normalized spacial score (nSPS) is 10.4. The molecule has 2 heterocycles. The Labute approximate surface area is 161 Å². The number of rotatable bonds is 7. The van der Waals surface area contributed by atoms with Crippen LogP contribution in [0, 0.1) is 0 Å². The van der Waals surface area contributed by atoms with Gasteiger partial charge in [-0.05, 0) is 36.4 Å². The molecule has 138 valence electrons. The number of likely N-dealkylation sites (N-methyl/N-ethyl adjacent to an activating group) is 1. The number of pyridine rings is 1. The highest BCUT2D eigenvalue weighted by Crippen LogP contribution is 2.28. The Bertz CT molecular complexity index is 898. The summed E-state index contributed by atoms with van der Waals surface area (Å²) in [5.41, 5.74) is 0.465. The van der Waals surface area contributed by atoms with Crippen molar-refractivity contribution in [2.24, 2.45) is 0 Å². The van der Waals surface area contributed by atoms with E-state index in [1.165, 1.54) is 16.7 Å². The van der Waals surface area contributed by atoms with Gasteiger partial charge in [0.15, 0.2) is 0 Å². The number of benzene rings is 1. The van der Waals surface area contributed by atoms with Gasteiger partial charge in [-0.25, -0.2) is 4.98 Å². The molecule has 7 heteroatoms. The van der Waals surface area contributed by atoms with Gasteiger partial charge in [-0.1, -0.05) is 30.0 Å². The summed E-state index contributed by atoms with van der Waals surface area (Å²) in [5, 5.41) is 3.34. The van der Waals surface area contributed by atoms with Crippen LogP contribution in [0.25, 0.3) is 0 Å². The van der Waals surface area contributed by atoms with Crippen molar-refractivity contribution in [1.29, 1.82) is 0 Å². The summed E-state index contributed by atoms with van der Waals surface area (Å²) in [6, 6.07) is 16.7. The maximum absolute atomic E-state index is 12.8. The molecule has 1 aromatic carbocycles. The van der Waals surface area contributed by atoms with E-state index in [0.29, 0.717) is 16.3 Å². The molecule has 0 spiro atoms. The molecule has 0 aliphatic heterocycles. The lowest BCUT2D eigenvalue weighted by molar-refractivity contribution is -0.121. The standard InChI is InChI=1S/C20H19N3O3S/c1-23(14-18(24)22-13-15-7-6-12-26-15)20(25)17-10-5-11-21-19(17)27-16-8-3-2-4-9-16/h2-12H,13-14H2,1H3,(H,22,24). The Kier molecular flexibility index (Phi) is 6.27. The van der Waals surface area contributed by atoms with Gasteiger partial charge in [0, 0.05) is 18.1 Å². The van der Waals surface area contributed by atoms with Gasteiger partial charge >= 0.3 is 0 Å². The number of nitrogens with one attached hydrogen (secondary N) is 1. The van der Waals surface area contributed by atoms with Crippen LogP contribution in [0.15, 0.2) is 81.4 Å². The fourth-order valence-corrected chi connectivity index (χ4v) is 3.28. The van der Waals surface area contributed by atoms with Gasteiger partial charge < -0.3 is 14.6 Å². The predicted molar refractivity (Wildman–Crippen MR) is 102 cm³/mol. The maximum Gasteiger partial charge on any atom is 0.256 e. The van der Waals surface area contributed by atoms with E-state index in [1.807, 2.05) is 30.3 Å². The fraction of sp³-hybridized carbons (Fsp3) is 0.150. The zero-order valence-electron chi connectivity index (χ0n) is 14.8. The summed E-state index contributed by atoms with van der Waals surface area (Å²) >= 11 is 1.42. The first-order valence-electron chi connectivity index (χ1n) is 8.36. The molecular formula is C20H19N3O3S. The summed E-state index contributed by atoms with van der Waals surface area (Å²) in [7, 11) is 1.60. The molecule has 3 aromatic rings. The van der Waals surface area contributed by atoms with Gasteiger partial charge in [0.05, 0.1) is 24.9 Å². The summed E-state index contributed by atoms with van der Waals surface area (Å²) in [6.45, 7) is 0.236. The predicted octanol–water partition coefficient (Wildman–Crippen LogP) is 3.21. The van der Waals surface area contributed by atoms with Gasteiger partial charge in [-0.3, -0.25) is 9.59 Å². The number of carbonyl (C=O) groups excluding carboxylic acids is 2. The number of aromatic nitrogens is 1. The Morgan fingerprint density at radius 1 is 1.11 bits per heavy atom. The van der Waals surface area contributed by atoms with E-state index in [-0.39, 0.29) is 24.9 Å². The number of carbonyl (C=O) groups is 2. The summed E-state index contributed by atoms with van der Waals surface area (Å²) in [6.07, 6.45) is 3.20. The molecular weight excluding hydrogens is 362 g/mol. The Morgan fingerprint density at radius 2 is 1.93 bits per heavy atom. The topological polar surface area (TPSA) is 75.4 Å². The highest BCUT2D eigenvalue weighted by Gasteiger charge is 2.19. The van der Waals surface area contributed by atoms with Gasteiger partial charge in [0.2, 0.25) is 5.91 Å². The summed E-state index contributed by atoms with van der Waals surface area (Å²) < 4.78 is 5.17. The SMILES string of the molecule is CN(CC(=O)NCc1ccco1)C(=O)c1cccnc1Sc1ccccc1. The average Bonchev–Trinajstić information content (AvgIpc) is 3.21. The zero-order valence-corrected chi connectivity index (χ0v) is 15.6. The van der Waals surface area contributed by atoms with Gasteiger partial charge in [0.1, 0.15) is 10.8 Å². The van der Waals surface area contributed by atoms with Crippen molar-refractivity contribution < 1.29 is 14.0 Å². The van der Waals surface area contributed by atoms with Crippen molar-refractivity contribution in [3.63, 3.8) is 0 Å². The minimum atomic E-state index is -0.261. The van der Waals surface area contributed by atoms with Crippen LogP contribution in [0.3, 0.4) is 0 Å². The lowest BCUT2D eigenvalue weighted by atomic mass is 10.2. The molecule has 0 unspecified atom stereocenters. The first kappa shape index (κ1) is 18.7. The summed E-state index contributed by atoms with van der Waals surface area (Å²) in [5.74, 6) is 0.143. The third-order valence-electron chi connectivity index (χ3n) is 3.73. The fourth-order valence-electron chi connectivity index (χ4n) is 2.38. The Morgan fingerprint density at radius 3 is 2.67 bits per heavy atom. The van der Waals surface area contributed by atoms with Crippen molar-refractivity contribution in [1.82, 2.24) is 15.2 Å². The van der Waals surface area contributed by atoms with Crippen LogP contribution < -0.4 is 5.32 Å². The molecule has 0 saturated heterocycles. The van der Waals surface area contributed by atoms with Gasteiger partial charge in [-0.2, -0.15) is 0 Å². The molecule has 2 amide bonds. The highest BCUT2D eigenvalue weighted by atomic mass is 32.2. The summed E-state index contributed by atoms with van der Waals surface area (Å²) in [4.78, 5) is 31.6. The van der Waals surface area contributed by atoms with Gasteiger partial charge in [-0.15, -0.1) is 0 Å². The van der Waals surface area contributed by atoms with Crippen LogP contribution in [-0.2, 0) is 11.3 Å². The van der Waals surface area contributed by atoms with E-state index in [4.69, 9.17) is 4.42 Å². The second-order valence-corrected chi connectivity index (χ2v) is 6.85. The van der Waals surface area contributed by atoms with Crippen molar-refractivity contribution >= 4 is 23.6 Å². The Hall–Kier alpha value is -3.06. The molecule has 3 rings (SSSR count). The lowest BCUT2D eigenvalue weighted by Crippen LogP contribution is -2.38. The van der Waals surface area contributed by atoms with Crippen LogP contribution in [-0.4, -0.2) is 35.3 Å². The molecule has 0 aliphatic carbocycles. The molecule has 1 N–H and O–H groups in total. The molecule has 0 radical (unpaired) electrons. The molecule has 27 heavy (non-hydrogen) atoms. The molecule has 0 saturated carbocycles. The number of nitrogens with zero attached hydrogens (tertiary/aromatic N) is 2. The molecule has 2 aromatic heterocycles. The van der Waals surface area contributed by atoms with Crippen LogP contribution in [0.4, 0.5) is 0 Å². The third-order valence-corrected chi connectivity index (χ3v) is 4.75. The number of hydrogen-bond acceptors (Lipinski definition) is 5. The highest BCUT2D eigenvalue weighted by molar-refractivity contribution is 7.99. The zero-order chi connectivity index (χ0) is 19.1. The molecule has 0 fully saturated rings. The maximum atomic E-state index is 12.8. The number of hydrogen-bond donors (Lipinski definition) is 1. The minimum absolute atomic E-state index is 0.0517. The van der Waals surface area contributed by atoms with E-state index >= 15 is 0 Å². The van der Waals surface area contributed by atoms with E-state index in [0.717, 1.165) is 4.90 Å². The van der Waals surface area contributed by atoms with Crippen molar-refractivity contribution in [3.05, 3.63) is 78.4 Å². The molecule has 0 atom stereocenters. The van der Waals surface area contributed by atoms with Crippen molar-refractivity contribution in [2.75, 3.05) is 13.6 Å². The van der Waals surface area contributed by atoms with Crippen molar-refractivity contribution in [3.8, 4) is 0 Å². The third kappa shape index (κ3) is 5.21. The Balaban J connectivity index is 1.63. The first-order chi connectivity index (χ1) is 13.1.